The van der Waals surface area contributed by atoms with Gasteiger partial charge in [-0.1, -0.05) is 24.3 Å². The van der Waals surface area contributed by atoms with Crippen molar-refractivity contribution >= 4 is 49.1 Å². The number of aromatic nitrogens is 4. The highest BCUT2D eigenvalue weighted by molar-refractivity contribution is 7.91. The Hall–Kier alpha value is -4.31. The Bertz CT molecular complexity index is 1910. The van der Waals surface area contributed by atoms with Crippen molar-refractivity contribution in [2.24, 2.45) is 7.05 Å². The van der Waals surface area contributed by atoms with Gasteiger partial charge in [0.15, 0.2) is 9.84 Å². The number of fused-ring (bicyclic) bond motifs is 4. The molecule has 0 unspecified atom stereocenters. The fraction of sp³-hybridized carbons (Fsp3) is 0.241. The number of rotatable bonds is 5. The third-order valence-electron chi connectivity index (χ3n) is 7.71. The summed E-state index contributed by atoms with van der Waals surface area (Å²) in [6, 6.07) is 14.8. The van der Waals surface area contributed by atoms with Crippen molar-refractivity contribution < 1.29 is 13.2 Å². The molecule has 3 aromatic heterocycles. The molecule has 4 heterocycles. The smallest absolute Gasteiger partial charge is 0.260 e. The third kappa shape index (κ3) is 3.94. The predicted octanol–water partition coefficient (Wildman–Crippen LogP) is 4.15. The monoisotopic (exact) mass is 538 g/mol. The van der Waals surface area contributed by atoms with E-state index in [0.29, 0.717) is 34.9 Å². The number of carbonyl (C=O) groups is 1. The number of nitrogen functional groups attached to an aromatic ring is 1. The summed E-state index contributed by atoms with van der Waals surface area (Å²) in [6.07, 6.45) is 5.97. The SMILES string of the molecule is Cn1ncc2c(N)nc3cc(CN(C(=O)c4ccc(C5CC5)nc4)c4cccc5c4S(=O)(=O)CC5)ccc3c21. The number of pyridine rings is 2. The van der Waals surface area contributed by atoms with E-state index in [2.05, 4.69) is 15.1 Å². The molecule has 1 aliphatic heterocycles. The zero-order chi connectivity index (χ0) is 26.9. The number of benzene rings is 2. The van der Waals surface area contributed by atoms with Crippen molar-refractivity contribution in [1.82, 2.24) is 19.7 Å². The van der Waals surface area contributed by atoms with E-state index in [1.165, 1.54) is 0 Å². The highest BCUT2D eigenvalue weighted by Crippen LogP contribution is 2.39. The summed E-state index contributed by atoms with van der Waals surface area (Å²) in [6.45, 7) is 0.149. The Morgan fingerprint density at radius 3 is 2.72 bits per heavy atom. The van der Waals surface area contributed by atoms with Crippen molar-refractivity contribution in [3.05, 3.63) is 83.3 Å². The lowest BCUT2D eigenvalue weighted by Gasteiger charge is -2.25. The zero-order valence-corrected chi connectivity index (χ0v) is 22.1. The molecule has 7 rings (SSSR count). The second-order valence-electron chi connectivity index (χ2n) is 10.4. The van der Waals surface area contributed by atoms with Crippen molar-refractivity contribution in [3.63, 3.8) is 0 Å². The average molecular weight is 539 g/mol. The lowest BCUT2D eigenvalue weighted by molar-refractivity contribution is 0.0984. The Morgan fingerprint density at radius 2 is 1.95 bits per heavy atom. The summed E-state index contributed by atoms with van der Waals surface area (Å²) in [5.74, 6) is 0.578. The first kappa shape index (κ1) is 23.8. The quantitative estimate of drug-likeness (QED) is 0.356. The van der Waals surface area contributed by atoms with Crippen molar-refractivity contribution in [2.75, 3.05) is 16.4 Å². The van der Waals surface area contributed by atoms with E-state index in [9.17, 15) is 13.2 Å². The van der Waals surface area contributed by atoms with Crippen LogP contribution in [0, 0.1) is 0 Å². The average Bonchev–Trinajstić information content (AvgIpc) is 3.64. The van der Waals surface area contributed by atoms with Gasteiger partial charge in [-0.2, -0.15) is 5.10 Å². The largest absolute Gasteiger partial charge is 0.383 e. The minimum Gasteiger partial charge on any atom is -0.383 e. The van der Waals surface area contributed by atoms with E-state index in [0.717, 1.165) is 46.0 Å². The molecule has 196 valence electrons. The van der Waals surface area contributed by atoms with E-state index in [1.807, 2.05) is 43.4 Å². The molecule has 2 aromatic carbocycles. The molecule has 9 nitrogen and oxygen atoms in total. The molecule has 0 saturated heterocycles. The van der Waals surface area contributed by atoms with Gasteiger partial charge in [-0.3, -0.25) is 14.5 Å². The maximum atomic E-state index is 14.0. The van der Waals surface area contributed by atoms with Crippen molar-refractivity contribution in [3.8, 4) is 0 Å². The van der Waals surface area contributed by atoms with Crippen LogP contribution < -0.4 is 10.6 Å². The van der Waals surface area contributed by atoms with Gasteiger partial charge >= 0.3 is 0 Å². The van der Waals surface area contributed by atoms with Crippen LogP contribution in [0.5, 0.6) is 0 Å². The number of anilines is 2. The second kappa shape index (κ2) is 8.60. The molecule has 1 amide bonds. The Kier molecular flexibility index (Phi) is 5.25. The van der Waals surface area contributed by atoms with Crippen LogP contribution >= 0.6 is 0 Å². The number of carbonyl (C=O) groups excluding carboxylic acids is 1. The highest BCUT2D eigenvalue weighted by atomic mass is 32.2. The summed E-state index contributed by atoms with van der Waals surface area (Å²) in [5.41, 5.74) is 11.1. The minimum absolute atomic E-state index is 0.0406. The van der Waals surface area contributed by atoms with E-state index < -0.39 is 9.84 Å². The van der Waals surface area contributed by atoms with Crippen molar-refractivity contribution in [2.45, 2.75) is 36.6 Å². The lowest BCUT2D eigenvalue weighted by atomic mass is 10.1. The maximum Gasteiger partial charge on any atom is 0.260 e. The normalized spacial score (nSPS) is 16.0. The number of aryl methyl sites for hydroxylation is 2. The van der Waals surface area contributed by atoms with Gasteiger partial charge in [-0.05, 0) is 54.7 Å². The summed E-state index contributed by atoms with van der Waals surface area (Å²) in [7, 11) is -1.65. The molecular formula is C29H26N6O3S. The van der Waals surface area contributed by atoms with Crippen LogP contribution in [0.3, 0.4) is 0 Å². The molecule has 2 aliphatic rings. The molecule has 0 radical (unpaired) electrons. The van der Waals surface area contributed by atoms with Crippen LogP contribution in [-0.2, 0) is 29.9 Å². The Morgan fingerprint density at radius 1 is 1.10 bits per heavy atom. The van der Waals surface area contributed by atoms with Crippen molar-refractivity contribution in [1.29, 1.82) is 0 Å². The van der Waals surface area contributed by atoms with Gasteiger partial charge in [0.1, 0.15) is 5.82 Å². The van der Waals surface area contributed by atoms with Crippen LogP contribution in [0.15, 0.2) is 65.8 Å². The fourth-order valence-electron chi connectivity index (χ4n) is 5.55. The predicted molar refractivity (Wildman–Crippen MR) is 149 cm³/mol. The molecule has 1 saturated carbocycles. The standard InChI is InChI=1S/C29H26N6O3S/c1-34-26-21-9-5-17(13-24(21)33-28(30)22(26)15-32-34)16-35(25-4-2-3-19-11-12-39(37,38)27(19)25)29(36)20-8-10-23(31-14-20)18-6-7-18/h2-5,8-10,13-15,18H,6-7,11-12,16H2,1H3,(H2,30,33). The molecule has 1 fully saturated rings. The topological polar surface area (TPSA) is 124 Å². The van der Waals surface area contributed by atoms with E-state index in [-0.39, 0.29) is 23.1 Å². The van der Waals surface area contributed by atoms with Crippen LogP contribution in [0.25, 0.3) is 21.8 Å². The van der Waals surface area contributed by atoms with Crippen LogP contribution in [0.1, 0.15) is 45.9 Å². The number of sulfone groups is 1. The maximum absolute atomic E-state index is 14.0. The van der Waals surface area contributed by atoms with Gasteiger partial charge in [0.05, 0.1) is 51.1 Å². The summed E-state index contributed by atoms with van der Waals surface area (Å²) >= 11 is 0. The molecule has 0 spiro atoms. The molecule has 2 N–H and O–H groups in total. The van der Waals surface area contributed by atoms with Gasteiger partial charge in [0.25, 0.3) is 5.91 Å². The first-order valence-electron chi connectivity index (χ1n) is 12.9. The number of nitrogens with two attached hydrogens (primary N) is 1. The highest BCUT2D eigenvalue weighted by Gasteiger charge is 2.33. The van der Waals surface area contributed by atoms with Gasteiger partial charge in [0, 0.05) is 30.2 Å². The van der Waals surface area contributed by atoms with Gasteiger partial charge < -0.3 is 10.6 Å². The van der Waals surface area contributed by atoms with Crippen LogP contribution in [0.2, 0.25) is 0 Å². The molecule has 39 heavy (non-hydrogen) atoms. The first-order chi connectivity index (χ1) is 18.8. The zero-order valence-electron chi connectivity index (χ0n) is 21.3. The molecule has 0 bridgehead atoms. The van der Waals surface area contributed by atoms with Gasteiger partial charge in [0.2, 0.25) is 0 Å². The number of amides is 1. The van der Waals surface area contributed by atoms with Gasteiger partial charge in [-0.25, -0.2) is 13.4 Å². The molecule has 1 aliphatic carbocycles. The van der Waals surface area contributed by atoms with E-state index in [4.69, 9.17) is 5.73 Å². The second-order valence-corrected chi connectivity index (χ2v) is 12.4. The van der Waals surface area contributed by atoms with Crippen LogP contribution in [-0.4, -0.2) is 39.8 Å². The Labute approximate surface area is 225 Å². The van der Waals surface area contributed by atoms with E-state index in [1.54, 1.807) is 34.1 Å². The number of hydrogen-bond acceptors (Lipinski definition) is 7. The van der Waals surface area contributed by atoms with Gasteiger partial charge in [-0.15, -0.1) is 0 Å². The lowest BCUT2D eigenvalue weighted by Crippen LogP contribution is -2.31. The molecule has 0 atom stereocenters. The minimum atomic E-state index is -3.51. The summed E-state index contributed by atoms with van der Waals surface area (Å²) in [4.78, 5) is 24.9. The van der Waals surface area contributed by atoms with Crippen LogP contribution in [0.4, 0.5) is 11.5 Å². The fourth-order valence-corrected chi connectivity index (χ4v) is 7.31. The number of nitrogens with zero attached hydrogens (tertiary/aromatic N) is 5. The number of hydrogen-bond donors (Lipinski definition) is 1. The summed E-state index contributed by atoms with van der Waals surface area (Å²) < 4.78 is 27.9. The Balaban J connectivity index is 1.34. The first-order valence-corrected chi connectivity index (χ1v) is 14.6. The third-order valence-corrected chi connectivity index (χ3v) is 9.54. The molecule has 10 heteroatoms. The molecular weight excluding hydrogens is 512 g/mol. The molecule has 5 aromatic rings. The van der Waals surface area contributed by atoms with E-state index >= 15 is 0 Å². The summed E-state index contributed by atoms with van der Waals surface area (Å²) in [5, 5.41) is 5.99.